The summed E-state index contributed by atoms with van der Waals surface area (Å²) in [6.07, 6.45) is 3.77. The topological polar surface area (TPSA) is 58.4 Å². The van der Waals surface area contributed by atoms with Crippen LogP contribution in [0.1, 0.15) is 49.7 Å². The zero-order valence-electron chi connectivity index (χ0n) is 15.3. The predicted octanol–water partition coefficient (Wildman–Crippen LogP) is 3.01. The van der Waals surface area contributed by atoms with Crippen LogP contribution >= 0.6 is 0 Å². The number of benzene rings is 1. The number of likely N-dealkylation sites (tertiary alicyclic amines) is 1. The van der Waals surface area contributed by atoms with Gasteiger partial charge in [-0.3, -0.25) is 4.79 Å². The third-order valence-corrected chi connectivity index (χ3v) is 4.74. The Kier molecular flexibility index (Phi) is 4.95. The molecule has 3 rings (SSSR count). The van der Waals surface area contributed by atoms with Crippen LogP contribution in [0.2, 0.25) is 0 Å². The van der Waals surface area contributed by atoms with Gasteiger partial charge in [-0.2, -0.15) is 5.10 Å². The molecule has 1 aromatic carbocycles. The van der Waals surface area contributed by atoms with E-state index in [2.05, 4.69) is 20.8 Å². The molecule has 0 aliphatic carbocycles. The molecule has 0 spiro atoms. The Hall–Kier alpha value is -2.14. The molecule has 1 aliphatic rings. The van der Waals surface area contributed by atoms with Gasteiger partial charge in [-0.05, 0) is 30.9 Å². The molecule has 1 aliphatic heterocycles. The molecule has 5 nitrogen and oxygen atoms in total. The van der Waals surface area contributed by atoms with E-state index in [4.69, 9.17) is 5.10 Å². The highest BCUT2D eigenvalue weighted by atomic mass is 16.3. The minimum atomic E-state index is -0.225. The second-order valence-electron chi connectivity index (χ2n) is 7.86. The van der Waals surface area contributed by atoms with E-state index in [1.165, 1.54) is 0 Å². The van der Waals surface area contributed by atoms with E-state index in [1.807, 2.05) is 41.4 Å². The number of aliphatic hydroxyl groups excluding tert-OH is 1. The zero-order chi connectivity index (χ0) is 18.0. The van der Waals surface area contributed by atoms with Crippen molar-refractivity contribution in [2.45, 2.75) is 39.0 Å². The first-order valence-electron chi connectivity index (χ1n) is 8.96. The van der Waals surface area contributed by atoms with E-state index in [-0.39, 0.29) is 23.8 Å². The summed E-state index contributed by atoms with van der Waals surface area (Å²) in [5.74, 6) is 0.199. The summed E-state index contributed by atoms with van der Waals surface area (Å²) in [4.78, 5) is 15.0. The van der Waals surface area contributed by atoms with Crippen molar-refractivity contribution in [2.24, 2.45) is 5.92 Å². The number of carbonyl (C=O) groups excluding carboxylic acids is 1. The summed E-state index contributed by atoms with van der Waals surface area (Å²) >= 11 is 0. The van der Waals surface area contributed by atoms with Gasteiger partial charge in [0.05, 0.1) is 16.9 Å². The molecule has 1 saturated heterocycles. The first-order valence-corrected chi connectivity index (χ1v) is 8.96. The molecule has 1 amide bonds. The summed E-state index contributed by atoms with van der Waals surface area (Å²) in [7, 11) is 0. The van der Waals surface area contributed by atoms with Crippen LogP contribution in [-0.2, 0) is 5.41 Å². The number of carbonyl (C=O) groups is 1. The van der Waals surface area contributed by atoms with Crippen molar-refractivity contribution >= 4 is 5.91 Å². The number of nitrogens with zero attached hydrogens (tertiary/aromatic N) is 3. The summed E-state index contributed by atoms with van der Waals surface area (Å²) in [6, 6.07) is 9.86. The third-order valence-electron chi connectivity index (χ3n) is 4.74. The molecule has 0 radical (unpaired) electrons. The molecule has 0 unspecified atom stereocenters. The standard InChI is InChI=1S/C20H27N3O2/c1-20(2,3)18-17(13-23(21-18)16-9-5-4-6-10-16)19(25)22-11-7-8-15(12-22)14-24/h4-6,9-10,13,15,24H,7-8,11-12,14H2,1-3H3/t15-/m1/s1. The smallest absolute Gasteiger partial charge is 0.257 e. The number of hydrogen-bond acceptors (Lipinski definition) is 3. The molecule has 1 atom stereocenters. The van der Waals surface area contributed by atoms with Gasteiger partial charge in [0.1, 0.15) is 0 Å². The van der Waals surface area contributed by atoms with Crippen LogP contribution in [0.3, 0.4) is 0 Å². The number of hydrogen-bond donors (Lipinski definition) is 1. The second-order valence-corrected chi connectivity index (χ2v) is 7.86. The van der Waals surface area contributed by atoms with Crippen LogP contribution in [0.5, 0.6) is 0 Å². The Morgan fingerprint density at radius 1 is 1.28 bits per heavy atom. The van der Waals surface area contributed by atoms with Crippen molar-refractivity contribution in [3.05, 3.63) is 47.8 Å². The molecule has 2 heterocycles. The van der Waals surface area contributed by atoms with Crippen LogP contribution in [0.15, 0.2) is 36.5 Å². The molecular formula is C20H27N3O2. The number of aromatic nitrogens is 2. The number of piperidine rings is 1. The molecule has 134 valence electrons. The van der Waals surface area contributed by atoms with Gasteiger partial charge in [-0.25, -0.2) is 4.68 Å². The van der Waals surface area contributed by atoms with Crippen molar-refractivity contribution < 1.29 is 9.90 Å². The Morgan fingerprint density at radius 3 is 2.64 bits per heavy atom. The van der Waals surface area contributed by atoms with Gasteiger partial charge in [0, 0.05) is 31.3 Å². The number of rotatable bonds is 3. The van der Waals surface area contributed by atoms with Gasteiger partial charge in [-0.15, -0.1) is 0 Å². The number of amides is 1. The predicted molar refractivity (Wildman–Crippen MR) is 98.0 cm³/mol. The average Bonchev–Trinajstić information content (AvgIpc) is 3.08. The lowest BCUT2D eigenvalue weighted by molar-refractivity contribution is 0.0618. The molecule has 1 fully saturated rings. The van der Waals surface area contributed by atoms with Crippen molar-refractivity contribution in [3.63, 3.8) is 0 Å². The third kappa shape index (κ3) is 3.76. The molecule has 0 saturated carbocycles. The Bertz CT molecular complexity index is 731. The molecule has 5 heteroatoms. The van der Waals surface area contributed by atoms with Crippen LogP contribution < -0.4 is 0 Å². The lowest BCUT2D eigenvalue weighted by Gasteiger charge is -2.32. The Morgan fingerprint density at radius 2 is 2.00 bits per heavy atom. The van der Waals surface area contributed by atoms with E-state index in [0.717, 1.165) is 30.8 Å². The number of para-hydroxylation sites is 1. The van der Waals surface area contributed by atoms with Crippen molar-refractivity contribution in [2.75, 3.05) is 19.7 Å². The van der Waals surface area contributed by atoms with E-state index < -0.39 is 0 Å². The summed E-state index contributed by atoms with van der Waals surface area (Å²) in [5, 5.41) is 14.2. The summed E-state index contributed by atoms with van der Waals surface area (Å²) in [5.41, 5.74) is 2.19. The molecule has 25 heavy (non-hydrogen) atoms. The van der Waals surface area contributed by atoms with Crippen LogP contribution in [0.4, 0.5) is 0 Å². The van der Waals surface area contributed by atoms with Gasteiger partial charge in [0.2, 0.25) is 0 Å². The number of aliphatic hydroxyl groups is 1. The summed E-state index contributed by atoms with van der Waals surface area (Å²) < 4.78 is 1.79. The van der Waals surface area contributed by atoms with Gasteiger partial charge in [0.15, 0.2) is 0 Å². The van der Waals surface area contributed by atoms with E-state index >= 15 is 0 Å². The normalized spacial score (nSPS) is 18.4. The maximum Gasteiger partial charge on any atom is 0.257 e. The van der Waals surface area contributed by atoms with Gasteiger partial charge < -0.3 is 10.0 Å². The highest BCUT2D eigenvalue weighted by Gasteiger charge is 2.31. The lowest BCUT2D eigenvalue weighted by Crippen LogP contribution is -2.41. The van der Waals surface area contributed by atoms with Gasteiger partial charge in [0.25, 0.3) is 5.91 Å². The molecule has 1 N–H and O–H groups in total. The first-order chi connectivity index (χ1) is 11.9. The van der Waals surface area contributed by atoms with E-state index in [9.17, 15) is 9.90 Å². The summed E-state index contributed by atoms with van der Waals surface area (Å²) in [6.45, 7) is 7.74. The maximum atomic E-state index is 13.2. The van der Waals surface area contributed by atoms with Crippen molar-refractivity contribution in [3.8, 4) is 5.69 Å². The Balaban J connectivity index is 1.96. The van der Waals surface area contributed by atoms with Crippen LogP contribution in [0, 0.1) is 5.92 Å². The van der Waals surface area contributed by atoms with Crippen molar-refractivity contribution in [1.29, 1.82) is 0 Å². The van der Waals surface area contributed by atoms with Crippen molar-refractivity contribution in [1.82, 2.24) is 14.7 Å². The lowest BCUT2D eigenvalue weighted by atomic mass is 9.89. The molecule has 1 aromatic heterocycles. The molecular weight excluding hydrogens is 314 g/mol. The minimum Gasteiger partial charge on any atom is -0.396 e. The quantitative estimate of drug-likeness (QED) is 0.933. The SMILES string of the molecule is CC(C)(C)c1nn(-c2ccccc2)cc1C(=O)N1CCC[C@@H](CO)C1. The zero-order valence-corrected chi connectivity index (χ0v) is 15.3. The van der Waals surface area contributed by atoms with Crippen LogP contribution in [-0.4, -0.2) is 45.4 Å². The fourth-order valence-corrected chi connectivity index (χ4v) is 3.37. The van der Waals surface area contributed by atoms with Crippen LogP contribution in [0.25, 0.3) is 5.69 Å². The molecule has 0 bridgehead atoms. The molecule has 2 aromatic rings. The Labute approximate surface area is 149 Å². The first kappa shape index (κ1) is 17.7. The van der Waals surface area contributed by atoms with E-state index in [0.29, 0.717) is 12.1 Å². The largest absolute Gasteiger partial charge is 0.396 e. The second kappa shape index (κ2) is 7.00. The average molecular weight is 341 g/mol. The highest BCUT2D eigenvalue weighted by molar-refractivity contribution is 5.95. The monoisotopic (exact) mass is 341 g/mol. The van der Waals surface area contributed by atoms with Gasteiger partial charge >= 0.3 is 0 Å². The highest BCUT2D eigenvalue weighted by Crippen LogP contribution is 2.28. The van der Waals surface area contributed by atoms with E-state index in [1.54, 1.807) is 4.68 Å². The maximum absolute atomic E-state index is 13.2. The minimum absolute atomic E-state index is 0.0188. The fourth-order valence-electron chi connectivity index (χ4n) is 3.37. The fraction of sp³-hybridized carbons (Fsp3) is 0.500. The van der Waals surface area contributed by atoms with Gasteiger partial charge in [-0.1, -0.05) is 39.0 Å².